The zero-order valence-electron chi connectivity index (χ0n) is 16.5. The van der Waals surface area contributed by atoms with Crippen LogP contribution in [0, 0.1) is 17.3 Å². The number of imidazole rings is 1. The van der Waals surface area contributed by atoms with Gasteiger partial charge in [0, 0.05) is 37.9 Å². The monoisotopic (exact) mass is 431 g/mol. The lowest BCUT2D eigenvalue weighted by Gasteiger charge is -2.24. The van der Waals surface area contributed by atoms with Crippen molar-refractivity contribution >= 4 is 36.6 Å². The van der Waals surface area contributed by atoms with Crippen molar-refractivity contribution in [3.63, 3.8) is 0 Å². The van der Waals surface area contributed by atoms with Crippen molar-refractivity contribution in [2.24, 2.45) is 23.0 Å². The van der Waals surface area contributed by atoms with Gasteiger partial charge in [0.1, 0.15) is 5.41 Å². The Balaban J connectivity index is 0.00000140. The van der Waals surface area contributed by atoms with Crippen molar-refractivity contribution in [1.82, 2.24) is 19.8 Å². The van der Waals surface area contributed by atoms with Gasteiger partial charge >= 0.3 is 0 Å². The third-order valence-electron chi connectivity index (χ3n) is 6.34. The average Bonchev–Trinajstić information content (AvgIpc) is 3.50. The van der Waals surface area contributed by atoms with E-state index < -0.39 is 11.3 Å². The highest BCUT2D eigenvalue weighted by Crippen LogP contribution is 2.46. The molecule has 9 heteroatoms. The average molecular weight is 432 g/mol. The number of carbonyl (C=O) groups is 2. The highest BCUT2D eigenvalue weighted by molar-refractivity contribution is 6.07. The minimum absolute atomic E-state index is 0. The molecule has 2 aliphatic carbocycles. The Kier molecular flexibility index (Phi) is 7.05. The number of nitrogens with zero attached hydrogens (tertiary/aromatic N) is 3. The Bertz CT molecular complexity index is 715. The fourth-order valence-corrected chi connectivity index (χ4v) is 4.25. The van der Waals surface area contributed by atoms with Crippen molar-refractivity contribution in [3.8, 4) is 0 Å². The second kappa shape index (κ2) is 8.59. The molecule has 28 heavy (non-hydrogen) atoms. The molecule has 0 aromatic carbocycles. The minimum Gasteiger partial charge on any atom is -0.369 e. The van der Waals surface area contributed by atoms with E-state index in [1.54, 1.807) is 0 Å². The lowest BCUT2D eigenvalue weighted by molar-refractivity contribution is -0.136. The number of hydrogen-bond acceptors (Lipinski definition) is 4. The maximum atomic E-state index is 12.6. The number of amides is 2. The van der Waals surface area contributed by atoms with Gasteiger partial charge in [0.15, 0.2) is 0 Å². The third kappa shape index (κ3) is 4.31. The predicted molar refractivity (Wildman–Crippen MR) is 111 cm³/mol. The number of primary amides is 1. The molecule has 2 saturated carbocycles. The summed E-state index contributed by atoms with van der Waals surface area (Å²) in [6.07, 6.45) is 7.54. The van der Waals surface area contributed by atoms with E-state index in [4.69, 9.17) is 5.73 Å². The van der Waals surface area contributed by atoms with Gasteiger partial charge < -0.3 is 15.6 Å². The molecule has 0 bridgehead atoms. The molecule has 3 fully saturated rings. The van der Waals surface area contributed by atoms with Crippen LogP contribution in [-0.2, 0) is 16.1 Å². The van der Waals surface area contributed by atoms with E-state index in [9.17, 15) is 9.59 Å². The van der Waals surface area contributed by atoms with Crippen LogP contribution in [0.1, 0.15) is 51.3 Å². The molecule has 1 saturated heterocycles. The lowest BCUT2D eigenvalue weighted by atomic mass is 9.90. The highest BCUT2D eigenvalue weighted by Gasteiger charge is 2.56. The molecule has 2 amide bonds. The predicted octanol–water partition coefficient (Wildman–Crippen LogP) is 1.90. The first kappa shape index (κ1) is 23.0. The van der Waals surface area contributed by atoms with Crippen LogP contribution in [0.25, 0.3) is 0 Å². The van der Waals surface area contributed by atoms with Crippen LogP contribution in [-0.4, -0.2) is 45.4 Å². The molecule has 3 N–H and O–H groups in total. The van der Waals surface area contributed by atoms with Gasteiger partial charge in [-0.1, -0.05) is 13.8 Å². The first-order valence-corrected chi connectivity index (χ1v) is 9.74. The summed E-state index contributed by atoms with van der Waals surface area (Å²) in [5.74, 6) is 0.173. The Morgan fingerprint density at radius 3 is 2.50 bits per heavy atom. The molecule has 158 valence electrons. The Morgan fingerprint density at radius 2 is 1.96 bits per heavy atom. The second-order valence-electron chi connectivity index (χ2n) is 8.65. The summed E-state index contributed by atoms with van der Waals surface area (Å²) < 4.78 is 2.29. The molecule has 2 atom stereocenters. The number of halogens is 2. The summed E-state index contributed by atoms with van der Waals surface area (Å²) in [6.45, 7) is 7.00. The van der Waals surface area contributed by atoms with E-state index in [1.807, 2.05) is 12.5 Å². The van der Waals surface area contributed by atoms with Crippen LogP contribution < -0.4 is 11.1 Å². The molecule has 0 radical (unpaired) electrons. The Hall–Kier alpha value is -1.31. The maximum Gasteiger partial charge on any atom is 0.235 e. The van der Waals surface area contributed by atoms with Gasteiger partial charge in [-0.2, -0.15) is 0 Å². The van der Waals surface area contributed by atoms with Gasteiger partial charge in [-0.05, 0) is 37.5 Å². The number of likely N-dealkylation sites (tertiary alicyclic amines) is 1. The van der Waals surface area contributed by atoms with E-state index in [2.05, 4.69) is 33.6 Å². The normalized spacial score (nSPS) is 25.7. The number of nitrogens with one attached hydrogen (secondary N) is 1. The molecule has 1 aromatic rings. The minimum atomic E-state index is -0.945. The molecular formula is C19H31Cl2N5O2. The van der Waals surface area contributed by atoms with Crippen molar-refractivity contribution in [2.75, 3.05) is 13.1 Å². The van der Waals surface area contributed by atoms with Crippen LogP contribution in [0.5, 0.6) is 0 Å². The van der Waals surface area contributed by atoms with Crippen LogP contribution in [0.2, 0.25) is 0 Å². The van der Waals surface area contributed by atoms with Gasteiger partial charge in [-0.3, -0.25) is 14.5 Å². The summed E-state index contributed by atoms with van der Waals surface area (Å²) in [7, 11) is 0. The smallest absolute Gasteiger partial charge is 0.235 e. The van der Waals surface area contributed by atoms with Gasteiger partial charge in [0.05, 0.1) is 12.0 Å². The molecule has 1 aromatic heterocycles. The number of carbonyl (C=O) groups excluding carboxylic acids is 2. The Labute approximate surface area is 178 Å². The molecule has 0 unspecified atom stereocenters. The molecule has 2 heterocycles. The summed E-state index contributed by atoms with van der Waals surface area (Å²) >= 11 is 0. The zero-order chi connectivity index (χ0) is 18.5. The van der Waals surface area contributed by atoms with Crippen molar-refractivity contribution in [1.29, 1.82) is 0 Å². The van der Waals surface area contributed by atoms with Gasteiger partial charge in [0.2, 0.25) is 11.8 Å². The fraction of sp³-hybridized carbons (Fsp3) is 0.737. The van der Waals surface area contributed by atoms with E-state index in [0.29, 0.717) is 30.7 Å². The van der Waals surface area contributed by atoms with Gasteiger partial charge in [0.25, 0.3) is 0 Å². The highest BCUT2D eigenvalue weighted by atomic mass is 35.5. The molecule has 4 rings (SSSR count). The van der Waals surface area contributed by atoms with E-state index in [-0.39, 0.29) is 36.8 Å². The van der Waals surface area contributed by atoms with E-state index >= 15 is 0 Å². The standard InChI is InChI=1S/C19H29N5O2.2ClH/c1-12(2)15-9-23(8-14-7-21-11-24(14)13-3-4-13)10-16(15)22-18(26)19(5-6-19)17(20)25;;/h7,11-13,15-16H,3-6,8-10H2,1-2H3,(H2,20,25)(H,22,26);2*1H/t15-,16+;;/m1../s1. The summed E-state index contributed by atoms with van der Waals surface area (Å²) in [4.78, 5) is 31.0. The fourth-order valence-electron chi connectivity index (χ4n) is 4.25. The van der Waals surface area contributed by atoms with Crippen molar-refractivity contribution in [3.05, 3.63) is 18.2 Å². The first-order valence-electron chi connectivity index (χ1n) is 9.74. The zero-order valence-corrected chi connectivity index (χ0v) is 18.1. The number of rotatable bonds is 7. The molecule has 1 aliphatic heterocycles. The van der Waals surface area contributed by atoms with Crippen LogP contribution in [0.4, 0.5) is 0 Å². The van der Waals surface area contributed by atoms with Crippen molar-refractivity contribution in [2.45, 2.75) is 58.2 Å². The topological polar surface area (TPSA) is 93.2 Å². The SMILES string of the molecule is CC(C)[C@H]1CN(Cc2cncn2C2CC2)C[C@@H]1NC(=O)C1(C(N)=O)CC1.Cl.Cl. The summed E-state index contributed by atoms with van der Waals surface area (Å²) in [5, 5.41) is 3.15. The maximum absolute atomic E-state index is 12.6. The molecule has 7 nitrogen and oxygen atoms in total. The molecule has 0 spiro atoms. The third-order valence-corrected chi connectivity index (χ3v) is 6.34. The van der Waals surface area contributed by atoms with Crippen LogP contribution in [0.3, 0.4) is 0 Å². The summed E-state index contributed by atoms with van der Waals surface area (Å²) in [6, 6.07) is 0.688. The number of nitrogens with two attached hydrogens (primary N) is 1. The van der Waals surface area contributed by atoms with E-state index in [0.717, 1.165) is 19.6 Å². The van der Waals surface area contributed by atoms with Gasteiger partial charge in [-0.15, -0.1) is 24.8 Å². The van der Waals surface area contributed by atoms with Crippen LogP contribution >= 0.6 is 24.8 Å². The largest absolute Gasteiger partial charge is 0.369 e. The van der Waals surface area contributed by atoms with Gasteiger partial charge in [-0.25, -0.2) is 4.98 Å². The summed E-state index contributed by atoms with van der Waals surface area (Å²) in [5.41, 5.74) is 5.75. The first-order chi connectivity index (χ1) is 12.4. The van der Waals surface area contributed by atoms with Crippen LogP contribution in [0.15, 0.2) is 12.5 Å². The number of hydrogen-bond donors (Lipinski definition) is 2. The van der Waals surface area contributed by atoms with Crippen molar-refractivity contribution < 1.29 is 9.59 Å². The van der Waals surface area contributed by atoms with E-state index in [1.165, 1.54) is 18.5 Å². The quantitative estimate of drug-likeness (QED) is 0.644. The number of aromatic nitrogens is 2. The molecular weight excluding hydrogens is 401 g/mol. The second-order valence-corrected chi connectivity index (χ2v) is 8.65. The molecule has 3 aliphatic rings. The lowest BCUT2D eigenvalue weighted by Crippen LogP contribution is -2.48. The Morgan fingerprint density at radius 1 is 1.29 bits per heavy atom.